The average Bonchev–Trinajstić information content (AvgIpc) is 2.57. The van der Waals surface area contributed by atoms with Gasteiger partial charge in [-0.2, -0.15) is 0 Å². The smallest absolute Gasteiger partial charge is 0.306 e. The molecule has 0 aromatic heterocycles. The number of carbonyl (C=O) groups excluding carboxylic acids is 1. The van der Waals surface area contributed by atoms with Gasteiger partial charge < -0.3 is 10.1 Å². The third-order valence-corrected chi connectivity index (χ3v) is 4.80. The maximum absolute atomic E-state index is 13.0. The van der Waals surface area contributed by atoms with Crippen molar-refractivity contribution in [3.05, 3.63) is 59.4 Å². The number of aliphatic imine (C=N–C) groups is 1. The number of benzene rings is 2. The highest BCUT2D eigenvalue weighted by atomic mass is 32.2. The second-order valence-corrected chi connectivity index (χ2v) is 6.69. The van der Waals surface area contributed by atoms with E-state index < -0.39 is 0 Å². The van der Waals surface area contributed by atoms with Crippen LogP contribution in [0.1, 0.15) is 22.8 Å². The lowest BCUT2D eigenvalue weighted by atomic mass is 10.0. The van der Waals surface area contributed by atoms with Crippen LogP contribution < -0.4 is 5.32 Å². The number of esters is 1. The molecule has 0 fully saturated rings. The number of thioether (sulfide) groups is 1. The van der Waals surface area contributed by atoms with Gasteiger partial charge in [0.05, 0.1) is 19.2 Å². The summed E-state index contributed by atoms with van der Waals surface area (Å²) in [5, 5.41) is 3.78. The van der Waals surface area contributed by atoms with Crippen LogP contribution >= 0.6 is 11.8 Å². The average molecular weight is 344 g/mol. The molecule has 2 aromatic rings. The van der Waals surface area contributed by atoms with Crippen molar-refractivity contribution in [2.45, 2.75) is 18.6 Å². The van der Waals surface area contributed by atoms with Gasteiger partial charge in [0.15, 0.2) is 5.17 Å². The van der Waals surface area contributed by atoms with E-state index in [2.05, 4.69) is 10.3 Å². The van der Waals surface area contributed by atoms with Crippen molar-refractivity contribution in [2.75, 3.05) is 12.4 Å². The molecule has 3 rings (SSSR count). The van der Waals surface area contributed by atoms with E-state index in [1.54, 1.807) is 12.1 Å². The number of nitrogens with one attached hydrogen (secondary N) is 1. The standard InChI is InChI=1S/C18H17FN2O2S/c1-11-3-8-15-14(9-11)16(10-17(22)23-2)24-18(21-15)20-13-6-4-12(19)5-7-13/h3-9,16H,10H2,1-2H3,(H,20,21). The van der Waals surface area contributed by atoms with E-state index in [1.165, 1.54) is 31.0 Å². The first kappa shape index (κ1) is 16.5. The normalized spacial score (nSPS) is 16.1. The minimum Gasteiger partial charge on any atom is -0.469 e. The zero-order valence-corrected chi connectivity index (χ0v) is 14.2. The van der Waals surface area contributed by atoms with E-state index in [0.717, 1.165) is 22.5 Å². The van der Waals surface area contributed by atoms with Gasteiger partial charge in [-0.3, -0.25) is 4.79 Å². The Labute approximate surface area is 144 Å². The molecule has 0 saturated carbocycles. The van der Waals surface area contributed by atoms with Gasteiger partial charge in [-0.25, -0.2) is 9.38 Å². The SMILES string of the molecule is COC(=O)CC1SC(Nc2ccc(F)cc2)=Nc2ccc(C)cc21. The maximum Gasteiger partial charge on any atom is 0.306 e. The predicted molar refractivity (Wildman–Crippen MR) is 95.3 cm³/mol. The molecule has 1 atom stereocenters. The third kappa shape index (κ3) is 3.76. The van der Waals surface area contributed by atoms with E-state index in [0.29, 0.717) is 5.17 Å². The Kier molecular flexibility index (Phi) is 4.85. The molecule has 6 heteroatoms. The molecule has 0 bridgehead atoms. The highest BCUT2D eigenvalue weighted by Crippen LogP contribution is 2.43. The number of anilines is 1. The molecule has 1 unspecified atom stereocenters. The number of rotatable bonds is 3. The van der Waals surface area contributed by atoms with Crippen LogP contribution in [0.2, 0.25) is 0 Å². The van der Waals surface area contributed by atoms with Crippen molar-refractivity contribution >= 4 is 34.3 Å². The number of amidine groups is 1. The number of fused-ring (bicyclic) bond motifs is 1. The molecule has 0 radical (unpaired) electrons. The Hall–Kier alpha value is -2.34. The molecule has 1 aliphatic heterocycles. The quantitative estimate of drug-likeness (QED) is 0.828. The fraction of sp³-hybridized carbons (Fsp3) is 0.222. The number of halogens is 1. The number of hydrogen-bond acceptors (Lipinski definition) is 5. The van der Waals surface area contributed by atoms with Crippen LogP contribution in [0.4, 0.5) is 15.8 Å². The lowest BCUT2D eigenvalue weighted by Gasteiger charge is -2.24. The van der Waals surface area contributed by atoms with Crippen molar-refractivity contribution < 1.29 is 13.9 Å². The molecule has 0 aliphatic carbocycles. The van der Waals surface area contributed by atoms with Crippen LogP contribution in [-0.2, 0) is 9.53 Å². The summed E-state index contributed by atoms with van der Waals surface area (Å²) in [6.07, 6.45) is 0.266. The second kappa shape index (κ2) is 7.05. The first-order valence-corrected chi connectivity index (χ1v) is 8.38. The molecule has 2 aromatic carbocycles. The van der Waals surface area contributed by atoms with Gasteiger partial charge in [-0.05, 0) is 42.8 Å². The van der Waals surface area contributed by atoms with Crippen molar-refractivity contribution in [1.29, 1.82) is 0 Å². The van der Waals surface area contributed by atoms with Crippen LogP contribution in [-0.4, -0.2) is 18.2 Å². The molecule has 0 saturated heterocycles. The topological polar surface area (TPSA) is 50.7 Å². The number of aryl methyl sites for hydroxylation is 1. The molecule has 1 aliphatic rings. The summed E-state index contributed by atoms with van der Waals surface area (Å²) >= 11 is 1.47. The predicted octanol–water partition coefficient (Wildman–Crippen LogP) is 4.58. The minimum atomic E-state index is -0.289. The first-order chi connectivity index (χ1) is 11.5. The molecule has 4 nitrogen and oxygen atoms in total. The van der Waals surface area contributed by atoms with E-state index in [4.69, 9.17) is 4.74 Å². The van der Waals surface area contributed by atoms with Gasteiger partial charge in [-0.1, -0.05) is 29.5 Å². The van der Waals surface area contributed by atoms with Crippen molar-refractivity contribution in [3.63, 3.8) is 0 Å². The summed E-state index contributed by atoms with van der Waals surface area (Å²) in [5.74, 6) is -0.550. The lowest BCUT2D eigenvalue weighted by Crippen LogP contribution is -2.16. The number of hydrogen-bond donors (Lipinski definition) is 1. The molecular weight excluding hydrogens is 327 g/mol. The van der Waals surface area contributed by atoms with Gasteiger partial charge in [0.25, 0.3) is 0 Å². The second-order valence-electron chi connectivity index (χ2n) is 5.50. The Bertz CT molecular complexity index is 790. The summed E-state index contributed by atoms with van der Waals surface area (Å²) in [4.78, 5) is 16.3. The largest absolute Gasteiger partial charge is 0.469 e. The summed E-state index contributed by atoms with van der Waals surface area (Å²) in [7, 11) is 1.39. The molecule has 0 spiro atoms. The number of ether oxygens (including phenoxy) is 1. The van der Waals surface area contributed by atoms with Crippen molar-refractivity contribution in [1.82, 2.24) is 0 Å². The molecular formula is C18H17FN2O2S. The molecule has 124 valence electrons. The van der Waals surface area contributed by atoms with Crippen LogP contribution in [0, 0.1) is 12.7 Å². The third-order valence-electron chi connectivity index (χ3n) is 3.68. The molecule has 0 amide bonds. The maximum atomic E-state index is 13.0. The minimum absolute atomic E-state index is 0.0761. The van der Waals surface area contributed by atoms with Crippen LogP contribution in [0.15, 0.2) is 47.5 Å². The Balaban J connectivity index is 1.89. The van der Waals surface area contributed by atoms with Gasteiger partial charge >= 0.3 is 5.97 Å². The highest BCUT2D eigenvalue weighted by molar-refractivity contribution is 8.14. The first-order valence-electron chi connectivity index (χ1n) is 7.50. The summed E-state index contributed by atoms with van der Waals surface area (Å²) < 4.78 is 17.8. The summed E-state index contributed by atoms with van der Waals surface area (Å²) in [6.45, 7) is 2.01. The molecule has 1 N–H and O–H groups in total. The number of nitrogens with zero attached hydrogens (tertiary/aromatic N) is 1. The van der Waals surface area contributed by atoms with Crippen LogP contribution in [0.25, 0.3) is 0 Å². The van der Waals surface area contributed by atoms with Crippen molar-refractivity contribution in [3.8, 4) is 0 Å². The van der Waals surface area contributed by atoms with Crippen molar-refractivity contribution in [2.24, 2.45) is 4.99 Å². The highest BCUT2D eigenvalue weighted by Gasteiger charge is 2.26. The summed E-state index contributed by atoms with van der Waals surface area (Å²) in [5.41, 5.74) is 3.72. The molecule has 24 heavy (non-hydrogen) atoms. The number of carbonyl (C=O) groups is 1. The Morgan fingerprint density at radius 2 is 2.04 bits per heavy atom. The van der Waals surface area contributed by atoms with E-state index >= 15 is 0 Å². The van der Waals surface area contributed by atoms with Gasteiger partial charge in [0, 0.05) is 10.9 Å². The zero-order chi connectivity index (χ0) is 17.1. The van der Waals surface area contributed by atoms with E-state index in [-0.39, 0.29) is 23.5 Å². The Morgan fingerprint density at radius 1 is 1.29 bits per heavy atom. The number of methoxy groups -OCH3 is 1. The van der Waals surface area contributed by atoms with Gasteiger partial charge in [0.2, 0.25) is 0 Å². The fourth-order valence-electron chi connectivity index (χ4n) is 2.47. The van der Waals surface area contributed by atoms with Crippen LogP contribution in [0.5, 0.6) is 0 Å². The monoisotopic (exact) mass is 344 g/mol. The van der Waals surface area contributed by atoms with E-state index in [1.807, 2.05) is 25.1 Å². The van der Waals surface area contributed by atoms with E-state index in [9.17, 15) is 9.18 Å². The molecule has 1 heterocycles. The summed E-state index contributed by atoms with van der Waals surface area (Å²) in [6, 6.07) is 12.1. The van der Waals surface area contributed by atoms with Crippen LogP contribution in [0.3, 0.4) is 0 Å². The van der Waals surface area contributed by atoms with Gasteiger partial charge in [-0.15, -0.1) is 0 Å². The van der Waals surface area contributed by atoms with Gasteiger partial charge in [0.1, 0.15) is 5.82 Å². The zero-order valence-electron chi connectivity index (χ0n) is 13.4. The lowest BCUT2D eigenvalue weighted by molar-refractivity contribution is -0.140. The Morgan fingerprint density at radius 3 is 2.75 bits per heavy atom. The fourth-order valence-corrected chi connectivity index (χ4v) is 3.60.